The summed E-state index contributed by atoms with van der Waals surface area (Å²) in [5.41, 5.74) is 1.70. The molecule has 0 aliphatic carbocycles. The summed E-state index contributed by atoms with van der Waals surface area (Å²) in [6, 6.07) is 3.32. The van der Waals surface area contributed by atoms with Crippen LogP contribution >= 0.6 is 11.6 Å². The molecular formula is C14H15ClN2O3. The number of Topliss-reactive ketones (excluding diaryl/α,β-unsaturated/α-hetero) is 1. The molecule has 0 saturated carbocycles. The van der Waals surface area contributed by atoms with Gasteiger partial charge in [0.05, 0.1) is 22.0 Å². The Morgan fingerprint density at radius 3 is 2.65 bits per heavy atom. The second kappa shape index (κ2) is 5.07. The van der Waals surface area contributed by atoms with Crippen LogP contribution < -0.4 is 10.2 Å². The molecule has 6 heteroatoms. The van der Waals surface area contributed by atoms with E-state index < -0.39 is 11.7 Å². The lowest BCUT2D eigenvalue weighted by molar-refractivity contribution is -0.112. The second-order valence-electron chi connectivity index (χ2n) is 5.25. The number of amides is 1. The first-order valence-electron chi connectivity index (χ1n) is 6.65. The third-order valence-corrected chi connectivity index (χ3v) is 4.30. The lowest BCUT2D eigenvalue weighted by Gasteiger charge is -2.33. The van der Waals surface area contributed by atoms with Crippen LogP contribution in [-0.2, 0) is 4.79 Å². The highest BCUT2D eigenvalue weighted by Gasteiger charge is 2.30. The molecule has 0 bridgehead atoms. The zero-order valence-electron chi connectivity index (χ0n) is 10.9. The number of fused-ring (bicyclic) bond motifs is 1. The lowest BCUT2D eigenvalue weighted by atomic mass is 9.97. The number of carbonyl (C=O) groups excluding carboxylic acids is 2. The van der Waals surface area contributed by atoms with Crippen molar-refractivity contribution in [2.75, 3.05) is 29.9 Å². The monoisotopic (exact) mass is 294 g/mol. The van der Waals surface area contributed by atoms with Gasteiger partial charge in [0.15, 0.2) is 0 Å². The minimum absolute atomic E-state index is 0.219. The number of nitrogens with one attached hydrogen (secondary N) is 1. The molecule has 5 nitrogen and oxygen atoms in total. The molecule has 0 atom stereocenters. The van der Waals surface area contributed by atoms with Gasteiger partial charge >= 0.3 is 0 Å². The Morgan fingerprint density at radius 1 is 1.30 bits per heavy atom. The first kappa shape index (κ1) is 13.4. The van der Waals surface area contributed by atoms with E-state index in [1.54, 1.807) is 12.1 Å². The number of anilines is 2. The maximum absolute atomic E-state index is 11.6. The normalized spacial score (nSPS) is 19.2. The van der Waals surface area contributed by atoms with Gasteiger partial charge in [0, 0.05) is 19.7 Å². The molecule has 0 unspecified atom stereocenters. The Kier molecular flexibility index (Phi) is 3.40. The Labute approximate surface area is 121 Å². The highest BCUT2D eigenvalue weighted by atomic mass is 35.5. The van der Waals surface area contributed by atoms with Gasteiger partial charge in [-0.3, -0.25) is 9.59 Å². The third-order valence-electron chi connectivity index (χ3n) is 4.00. The van der Waals surface area contributed by atoms with Gasteiger partial charge in [-0.1, -0.05) is 11.6 Å². The average molecular weight is 295 g/mol. The van der Waals surface area contributed by atoms with Crippen LogP contribution in [0, 0.1) is 5.92 Å². The Balaban J connectivity index is 1.87. The van der Waals surface area contributed by atoms with E-state index in [-0.39, 0.29) is 6.61 Å². The molecule has 1 aromatic rings. The van der Waals surface area contributed by atoms with Crippen molar-refractivity contribution in [1.29, 1.82) is 0 Å². The Bertz CT molecular complexity index is 580. The number of rotatable bonds is 2. The largest absolute Gasteiger partial charge is 0.396 e. The van der Waals surface area contributed by atoms with Crippen LogP contribution in [-0.4, -0.2) is 36.5 Å². The highest BCUT2D eigenvalue weighted by molar-refractivity contribution is 6.52. The maximum atomic E-state index is 11.6. The predicted molar refractivity (Wildman–Crippen MR) is 76.4 cm³/mol. The van der Waals surface area contributed by atoms with Crippen LogP contribution in [0.15, 0.2) is 12.1 Å². The number of aliphatic hydroxyl groups is 1. The first-order valence-corrected chi connectivity index (χ1v) is 7.03. The van der Waals surface area contributed by atoms with E-state index in [4.69, 9.17) is 16.7 Å². The van der Waals surface area contributed by atoms with Gasteiger partial charge in [0.1, 0.15) is 0 Å². The van der Waals surface area contributed by atoms with Crippen molar-refractivity contribution < 1.29 is 14.7 Å². The number of benzene rings is 1. The standard InChI is InChI=1S/C14H15ClN2O3/c15-10-5-9-11(16-14(20)13(9)19)6-12(10)17-3-1-8(7-18)2-4-17/h5-6,8,18H,1-4,7H2,(H,16,19,20). The van der Waals surface area contributed by atoms with Crippen molar-refractivity contribution in [3.05, 3.63) is 22.7 Å². The van der Waals surface area contributed by atoms with Gasteiger partial charge in [-0.05, 0) is 30.9 Å². The van der Waals surface area contributed by atoms with Gasteiger partial charge in [-0.15, -0.1) is 0 Å². The van der Waals surface area contributed by atoms with Crippen molar-refractivity contribution in [3.63, 3.8) is 0 Å². The van der Waals surface area contributed by atoms with Crippen LogP contribution in [0.3, 0.4) is 0 Å². The topological polar surface area (TPSA) is 69.6 Å². The molecular weight excluding hydrogens is 280 g/mol. The van der Waals surface area contributed by atoms with E-state index in [2.05, 4.69) is 10.2 Å². The van der Waals surface area contributed by atoms with E-state index in [9.17, 15) is 9.59 Å². The highest BCUT2D eigenvalue weighted by Crippen LogP contribution is 2.36. The molecule has 0 aromatic heterocycles. The molecule has 20 heavy (non-hydrogen) atoms. The van der Waals surface area contributed by atoms with Gasteiger partial charge < -0.3 is 15.3 Å². The van der Waals surface area contributed by atoms with Crippen LogP contribution in [0.5, 0.6) is 0 Å². The molecule has 2 aliphatic rings. The van der Waals surface area contributed by atoms with Crippen LogP contribution in [0.1, 0.15) is 23.2 Å². The SMILES string of the molecule is O=C1Nc2cc(N3CCC(CO)CC3)c(Cl)cc2C1=O. The molecule has 1 aromatic carbocycles. The molecule has 2 aliphatic heterocycles. The lowest BCUT2D eigenvalue weighted by Crippen LogP contribution is -2.34. The minimum atomic E-state index is -0.604. The maximum Gasteiger partial charge on any atom is 0.296 e. The first-order chi connectivity index (χ1) is 9.60. The average Bonchev–Trinajstić information content (AvgIpc) is 2.74. The third kappa shape index (κ3) is 2.17. The summed E-state index contributed by atoms with van der Waals surface area (Å²) in [6.07, 6.45) is 1.82. The summed E-state index contributed by atoms with van der Waals surface area (Å²) >= 11 is 6.24. The summed E-state index contributed by atoms with van der Waals surface area (Å²) in [7, 11) is 0. The van der Waals surface area contributed by atoms with Crippen molar-refractivity contribution >= 4 is 34.7 Å². The Hall–Kier alpha value is -1.59. The zero-order valence-corrected chi connectivity index (χ0v) is 11.6. The molecule has 0 radical (unpaired) electrons. The molecule has 1 fully saturated rings. The summed E-state index contributed by atoms with van der Waals surface area (Å²) in [6.45, 7) is 1.84. The smallest absolute Gasteiger partial charge is 0.296 e. The predicted octanol–water partition coefficient (Wildman–Crippen LogP) is 1.68. The molecule has 3 rings (SSSR count). The minimum Gasteiger partial charge on any atom is -0.396 e. The zero-order chi connectivity index (χ0) is 14.3. The molecule has 1 amide bonds. The fourth-order valence-corrected chi connectivity index (χ4v) is 3.04. The van der Waals surface area contributed by atoms with Crippen LogP contribution in [0.25, 0.3) is 0 Å². The second-order valence-corrected chi connectivity index (χ2v) is 5.65. The van der Waals surface area contributed by atoms with Crippen LogP contribution in [0.4, 0.5) is 11.4 Å². The summed E-state index contributed by atoms with van der Waals surface area (Å²) in [5, 5.41) is 12.2. The molecule has 106 valence electrons. The van der Waals surface area contributed by atoms with Crippen molar-refractivity contribution in [3.8, 4) is 0 Å². The van der Waals surface area contributed by atoms with Crippen molar-refractivity contribution in [2.24, 2.45) is 5.92 Å². The molecule has 2 heterocycles. The number of ketones is 1. The number of piperidine rings is 1. The molecule has 0 spiro atoms. The summed E-state index contributed by atoms with van der Waals surface area (Å²) in [5.74, 6) is -0.791. The number of carbonyl (C=O) groups is 2. The quantitative estimate of drug-likeness (QED) is 0.814. The van der Waals surface area contributed by atoms with Crippen molar-refractivity contribution in [2.45, 2.75) is 12.8 Å². The Morgan fingerprint density at radius 2 is 2.00 bits per heavy atom. The van der Waals surface area contributed by atoms with Crippen LogP contribution in [0.2, 0.25) is 5.02 Å². The number of aliphatic hydroxyl groups excluding tert-OH is 1. The molecule has 2 N–H and O–H groups in total. The number of hydrogen-bond donors (Lipinski definition) is 2. The fourth-order valence-electron chi connectivity index (χ4n) is 2.75. The van der Waals surface area contributed by atoms with Gasteiger partial charge in [-0.25, -0.2) is 0 Å². The number of nitrogens with zero attached hydrogens (tertiary/aromatic N) is 1. The van der Waals surface area contributed by atoms with E-state index in [1.807, 2.05) is 0 Å². The number of hydrogen-bond acceptors (Lipinski definition) is 4. The van der Waals surface area contributed by atoms with Gasteiger partial charge in [0.25, 0.3) is 11.7 Å². The van der Waals surface area contributed by atoms with Gasteiger partial charge in [-0.2, -0.15) is 0 Å². The summed E-state index contributed by atoms with van der Waals surface area (Å²) in [4.78, 5) is 25.1. The number of halogens is 1. The van der Waals surface area contributed by atoms with Gasteiger partial charge in [0.2, 0.25) is 0 Å². The van der Waals surface area contributed by atoms with E-state index in [1.165, 1.54) is 0 Å². The molecule has 1 saturated heterocycles. The van der Waals surface area contributed by atoms with E-state index in [0.717, 1.165) is 31.6 Å². The van der Waals surface area contributed by atoms with Crippen molar-refractivity contribution in [1.82, 2.24) is 0 Å². The summed E-state index contributed by atoms with van der Waals surface area (Å²) < 4.78 is 0. The van der Waals surface area contributed by atoms with E-state index >= 15 is 0 Å². The van der Waals surface area contributed by atoms with E-state index in [0.29, 0.717) is 22.2 Å². The fraction of sp³-hybridized carbons (Fsp3) is 0.429.